The van der Waals surface area contributed by atoms with Crippen LogP contribution in [0.15, 0.2) is 22.8 Å². The Morgan fingerprint density at radius 2 is 2.33 bits per heavy atom. The number of sulfonamides is 1. The highest BCUT2D eigenvalue weighted by molar-refractivity contribution is 7.89. The van der Waals surface area contributed by atoms with E-state index in [-0.39, 0.29) is 11.8 Å². The fraction of sp³-hybridized carbons (Fsp3) is 0.733. The molecule has 21 heavy (non-hydrogen) atoms. The molecule has 1 aliphatic rings. The Hall–Kier alpha value is -0.850. The van der Waals surface area contributed by atoms with Crippen molar-refractivity contribution in [2.45, 2.75) is 57.5 Å². The van der Waals surface area contributed by atoms with Crippen LogP contribution in [0.3, 0.4) is 0 Å². The van der Waals surface area contributed by atoms with Crippen molar-refractivity contribution in [3.8, 4) is 0 Å². The summed E-state index contributed by atoms with van der Waals surface area (Å²) in [6.07, 6.45) is 7.32. The Morgan fingerprint density at radius 1 is 1.48 bits per heavy atom. The van der Waals surface area contributed by atoms with Gasteiger partial charge in [-0.2, -0.15) is 0 Å². The molecule has 2 atom stereocenters. The molecular formula is C15H26N2O3S. The second-order valence-corrected chi connectivity index (χ2v) is 7.76. The van der Waals surface area contributed by atoms with Crippen LogP contribution in [0.4, 0.5) is 0 Å². The Kier molecular flexibility index (Phi) is 6.26. The zero-order valence-corrected chi connectivity index (χ0v) is 13.5. The van der Waals surface area contributed by atoms with Gasteiger partial charge in [-0.3, -0.25) is 0 Å². The lowest BCUT2D eigenvalue weighted by Gasteiger charge is -2.23. The molecule has 0 saturated carbocycles. The molecule has 0 radical (unpaired) electrons. The van der Waals surface area contributed by atoms with Gasteiger partial charge >= 0.3 is 0 Å². The van der Waals surface area contributed by atoms with Crippen LogP contribution >= 0.6 is 0 Å². The normalized spacial score (nSPS) is 21.3. The first-order chi connectivity index (χ1) is 10.1. The molecule has 0 amide bonds. The first-order valence-electron chi connectivity index (χ1n) is 7.81. The lowest BCUT2D eigenvalue weighted by atomic mass is 10.0. The van der Waals surface area contributed by atoms with Crippen molar-refractivity contribution in [1.29, 1.82) is 0 Å². The fourth-order valence-corrected chi connectivity index (χ4v) is 4.15. The highest BCUT2D eigenvalue weighted by Crippen LogP contribution is 2.11. The lowest BCUT2D eigenvalue weighted by Crippen LogP contribution is -2.39. The maximum absolute atomic E-state index is 12.1. The van der Waals surface area contributed by atoms with Crippen LogP contribution in [-0.2, 0) is 16.4 Å². The van der Waals surface area contributed by atoms with Crippen molar-refractivity contribution < 1.29 is 12.8 Å². The maximum Gasteiger partial charge on any atom is 0.211 e. The quantitative estimate of drug-likeness (QED) is 0.770. The zero-order chi connectivity index (χ0) is 15.1. The average Bonchev–Trinajstić information content (AvgIpc) is 2.97. The number of nitrogens with one attached hydrogen (secondary N) is 2. The molecule has 0 bridgehead atoms. The Morgan fingerprint density at radius 3 is 3.00 bits per heavy atom. The van der Waals surface area contributed by atoms with E-state index in [0.29, 0.717) is 12.5 Å². The minimum absolute atomic E-state index is 0.0700. The van der Waals surface area contributed by atoms with E-state index in [9.17, 15) is 8.42 Å². The second-order valence-electron chi connectivity index (χ2n) is 5.89. The van der Waals surface area contributed by atoms with Crippen LogP contribution in [0.1, 0.15) is 44.8 Å². The fourth-order valence-electron chi connectivity index (χ4n) is 2.71. The molecule has 1 aromatic heterocycles. The number of piperidine rings is 1. The largest absolute Gasteiger partial charge is 0.469 e. The molecule has 1 saturated heterocycles. The third-order valence-corrected chi connectivity index (χ3v) is 5.47. The highest BCUT2D eigenvalue weighted by atomic mass is 32.2. The molecule has 2 unspecified atom stereocenters. The summed E-state index contributed by atoms with van der Waals surface area (Å²) in [5, 5.41) is 3.38. The Labute approximate surface area is 127 Å². The monoisotopic (exact) mass is 314 g/mol. The molecule has 0 aliphatic carbocycles. The predicted molar refractivity (Wildman–Crippen MR) is 83.7 cm³/mol. The molecule has 2 heterocycles. The molecule has 0 spiro atoms. The molecule has 1 fully saturated rings. The van der Waals surface area contributed by atoms with Crippen LogP contribution in [0.25, 0.3) is 0 Å². The van der Waals surface area contributed by atoms with Crippen molar-refractivity contribution in [2.75, 3.05) is 12.3 Å². The van der Waals surface area contributed by atoms with Crippen molar-refractivity contribution in [1.82, 2.24) is 10.0 Å². The minimum Gasteiger partial charge on any atom is -0.469 e. The van der Waals surface area contributed by atoms with E-state index in [1.54, 1.807) is 6.26 Å². The first kappa shape index (κ1) is 16.5. The van der Waals surface area contributed by atoms with Crippen molar-refractivity contribution >= 4 is 10.0 Å². The summed E-state index contributed by atoms with van der Waals surface area (Å²) in [5.41, 5.74) is 0. The maximum atomic E-state index is 12.1. The summed E-state index contributed by atoms with van der Waals surface area (Å²) in [6, 6.07) is 4.05. The van der Waals surface area contributed by atoms with Gasteiger partial charge < -0.3 is 9.73 Å². The summed E-state index contributed by atoms with van der Waals surface area (Å²) in [4.78, 5) is 0. The summed E-state index contributed by atoms with van der Waals surface area (Å²) >= 11 is 0. The minimum atomic E-state index is -3.19. The number of rotatable bonds is 8. The van der Waals surface area contributed by atoms with Crippen molar-refractivity contribution in [3.63, 3.8) is 0 Å². The third kappa shape index (κ3) is 6.20. The molecule has 2 N–H and O–H groups in total. The molecule has 6 heteroatoms. The van der Waals surface area contributed by atoms with Gasteiger partial charge in [0.05, 0.1) is 12.0 Å². The van der Waals surface area contributed by atoms with Crippen molar-refractivity contribution in [2.24, 2.45) is 0 Å². The number of hydrogen-bond donors (Lipinski definition) is 2. The van der Waals surface area contributed by atoms with E-state index >= 15 is 0 Å². The van der Waals surface area contributed by atoms with Gasteiger partial charge in [-0.05, 0) is 51.3 Å². The van der Waals surface area contributed by atoms with Crippen LogP contribution in [0.2, 0.25) is 0 Å². The van der Waals surface area contributed by atoms with E-state index in [4.69, 9.17) is 4.42 Å². The molecule has 1 aromatic rings. The molecule has 5 nitrogen and oxygen atoms in total. The molecular weight excluding hydrogens is 288 g/mol. The van der Waals surface area contributed by atoms with Gasteiger partial charge in [-0.15, -0.1) is 0 Å². The first-order valence-corrected chi connectivity index (χ1v) is 9.46. The molecule has 120 valence electrons. The van der Waals surface area contributed by atoms with Gasteiger partial charge in [-0.25, -0.2) is 13.1 Å². The van der Waals surface area contributed by atoms with E-state index in [1.807, 2.05) is 19.1 Å². The van der Waals surface area contributed by atoms with E-state index in [0.717, 1.165) is 31.6 Å². The van der Waals surface area contributed by atoms with Crippen LogP contribution in [0.5, 0.6) is 0 Å². The Balaban J connectivity index is 1.69. The molecule has 0 aromatic carbocycles. The van der Waals surface area contributed by atoms with Crippen LogP contribution in [0, 0.1) is 0 Å². The van der Waals surface area contributed by atoms with Gasteiger partial charge in [0.25, 0.3) is 0 Å². The van der Waals surface area contributed by atoms with Gasteiger partial charge in [0.2, 0.25) is 10.0 Å². The molecule has 1 aliphatic heterocycles. The van der Waals surface area contributed by atoms with E-state index in [2.05, 4.69) is 10.0 Å². The SMILES string of the molecule is CC(CCc1ccco1)NS(=O)(=O)CCC1CCCCN1. The summed E-state index contributed by atoms with van der Waals surface area (Å²) in [7, 11) is -3.19. The number of furan rings is 1. The Bertz CT molecular complexity index is 493. The van der Waals surface area contributed by atoms with E-state index in [1.165, 1.54) is 12.8 Å². The predicted octanol–water partition coefficient (Wildman–Crippen LogP) is 2.05. The second kappa shape index (κ2) is 7.96. The summed E-state index contributed by atoms with van der Waals surface area (Å²) in [6.45, 7) is 2.91. The lowest BCUT2D eigenvalue weighted by molar-refractivity contribution is 0.392. The van der Waals surface area contributed by atoms with E-state index < -0.39 is 10.0 Å². The van der Waals surface area contributed by atoms with Gasteiger partial charge in [0, 0.05) is 18.5 Å². The van der Waals surface area contributed by atoms with Gasteiger partial charge in [0.1, 0.15) is 5.76 Å². The summed E-state index contributed by atoms with van der Waals surface area (Å²) < 4.78 is 32.2. The zero-order valence-electron chi connectivity index (χ0n) is 12.7. The van der Waals surface area contributed by atoms with Crippen LogP contribution in [-0.4, -0.2) is 32.8 Å². The van der Waals surface area contributed by atoms with Gasteiger partial charge in [-0.1, -0.05) is 6.42 Å². The van der Waals surface area contributed by atoms with Crippen molar-refractivity contribution in [3.05, 3.63) is 24.2 Å². The standard InChI is InChI=1S/C15H26N2O3S/c1-13(7-8-15-6-4-11-20-15)17-21(18,19)12-9-14-5-2-3-10-16-14/h4,6,11,13-14,16-17H,2-3,5,7-10,12H2,1H3. The topological polar surface area (TPSA) is 71.3 Å². The number of hydrogen-bond acceptors (Lipinski definition) is 4. The summed E-state index contributed by atoms with van der Waals surface area (Å²) in [5.74, 6) is 1.10. The number of aryl methyl sites for hydroxylation is 1. The third-order valence-electron chi connectivity index (χ3n) is 3.93. The average molecular weight is 314 g/mol. The smallest absolute Gasteiger partial charge is 0.211 e. The van der Waals surface area contributed by atoms with Crippen LogP contribution < -0.4 is 10.0 Å². The highest BCUT2D eigenvalue weighted by Gasteiger charge is 2.19. The van der Waals surface area contributed by atoms with Gasteiger partial charge in [0.15, 0.2) is 0 Å². The molecule has 2 rings (SSSR count).